The fourth-order valence-corrected chi connectivity index (χ4v) is 3.33. The minimum Gasteiger partial charge on any atom is -0.503 e. The Morgan fingerprint density at radius 1 is 1.10 bits per heavy atom. The number of hydrogen-bond donors (Lipinski definition) is 2. The Labute approximate surface area is 175 Å². The van der Waals surface area contributed by atoms with E-state index < -0.39 is 29.8 Å². The first-order chi connectivity index (χ1) is 14.1. The van der Waals surface area contributed by atoms with Crippen LogP contribution in [-0.2, 0) is 9.53 Å². The first kappa shape index (κ1) is 23.1. The van der Waals surface area contributed by atoms with Crippen LogP contribution in [0.4, 0.5) is 4.39 Å². The van der Waals surface area contributed by atoms with Gasteiger partial charge in [-0.05, 0) is 37.5 Å². The summed E-state index contributed by atoms with van der Waals surface area (Å²) in [6.45, 7) is 7.21. The summed E-state index contributed by atoms with van der Waals surface area (Å²) in [4.78, 5) is 28.8. The fraction of sp³-hybridized carbons (Fsp3) is 0.409. The van der Waals surface area contributed by atoms with Crippen LogP contribution in [0.2, 0.25) is 0 Å². The predicted octanol–water partition coefficient (Wildman–Crippen LogP) is 3.42. The molecule has 0 spiro atoms. The van der Waals surface area contributed by atoms with Crippen molar-refractivity contribution < 1.29 is 28.6 Å². The smallest absolute Gasteiger partial charge is 0.328 e. The van der Waals surface area contributed by atoms with E-state index in [4.69, 9.17) is 9.47 Å². The molecule has 8 heteroatoms. The zero-order chi connectivity index (χ0) is 22.4. The number of amides is 1. The number of carbonyl (C=O) groups excluding carboxylic acids is 2. The Kier molecular flexibility index (Phi) is 7.74. The Morgan fingerprint density at radius 2 is 1.73 bits per heavy atom. The maximum atomic E-state index is 13.2. The highest BCUT2D eigenvalue weighted by molar-refractivity contribution is 5.97. The molecule has 0 aliphatic carbocycles. The zero-order valence-electron chi connectivity index (χ0n) is 17.7. The molecule has 1 amide bonds. The van der Waals surface area contributed by atoms with Gasteiger partial charge in [-0.25, -0.2) is 14.2 Å². The van der Waals surface area contributed by atoms with Gasteiger partial charge in [-0.15, -0.1) is 0 Å². The van der Waals surface area contributed by atoms with Crippen molar-refractivity contribution in [1.29, 1.82) is 0 Å². The zero-order valence-corrected chi connectivity index (χ0v) is 17.7. The highest BCUT2D eigenvalue weighted by Gasteiger charge is 2.29. The molecule has 3 atom stereocenters. The number of nitrogens with one attached hydrogen (secondary N) is 1. The average molecular weight is 418 g/mol. The van der Waals surface area contributed by atoms with Gasteiger partial charge >= 0.3 is 5.97 Å². The van der Waals surface area contributed by atoms with Crippen LogP contribution in [0, 0.1) is 11.7 Å². The molecular formula is C22H27FN2O5. The quantitative estimate of drug-likeness (QED) is 0.638. The lowest BCUT2D eigenvalue weighted by Crippen LogP contribution is -2.42. The number of carbonyl (C=O) groups is 2. The molecular weight excluding hydrogens is 391 g/mol. The van der Waals surface area contributed by atoms with Gasteiger partial charge in [0.15, 0.2) is 17.2 Å². The van der Waals surface area contributed by atoms with Crippen molar-refractivity contribution in [1.82, 2.24) is 10.3 Å². The average Bonchev–Trinajstić information content (AvgIpc) is 2.69. The van der Waals surface area contributed by atoms with Gasteiger partial charge in [-0.1, -0.05) is 26.0 Å². The number of aromatic nitrogens is 1. The van der Waals surface area contributed by atoms with Gasteiger partial charge in [0.25, 0.3) is 5.91 Å². The minimum atomic E-state index is -0.978. The summed E-state index contributed by atoms with van der Waals surface area (Å²) in [5.41, 5.74) is 0.599. The fourth-order valence-electron chi connectivity index (χ4n) is 3.33. The van der Waals surface area contributed by atoms with Gasteiger partial charge in [0.05, 0.1) is 7.11 Å². The molecule has 0 saturated heterocycles. The Hall–Kier alpha value is -3.16. The highest BCUT2D eigenvalue weighted by Crippen LogP contribution is 2.30. The van der Waals surface area contributed by atoms with E-state index in [1.165, 1.54) is 38.4 Å². The first-order valence-electron chi connectivity index (χ1n) is 9.64. The molecule has 0 aliphatic rings. The van der Waals surface area contributed by atoms with Gasteiger partial charge in [0.2, 0.25) is 0 Å². The number of rotatable bonds is 8. The third-order valence-corrected chi connectivity index (χ3v) is 4.80. The van der Waals surface area contributed by atoms with Gasteiger partial charge in [-0.3, -0.25) is 4.79 Å². The second-order valence-corrected chi connectivity index (χ2v) is 7.37. The maximum absolute atomic E-state index is 13.2. The minimum absolute atomic E-state index is 0.0954. The SMILES string of the molecule is COc1ccnc(C(=O)N[C@@H](C)C(=O)O[C@@H](C)[C@H](c2ccc(F)cc2)C(C)C)c1O. The van der Waals surface area contributed by atoms with E-state index in [2.05, 4.69) is 10.3 Å². The van der Waals surface area contributed by atoms with Crippen LogP contribution in [-0.4, -0.2) is 41.2 Å². The van der Waals surface area contributed by atoms with Crippen molar-refractivity contribution in [2.75, 3.05) is 7.11 Å². The summed E-state index contributed by atoms with van der Waals surface area (Å²) < 4.78 is 23.8. The van der Waals surface area contributed by atoms with E-state index in [1.807, 2.05) is 13.8 Å². The molecule has 0 fully saturated rings. The van der Waals surface area contributed by atoms with E-state index >= 15 is 0 Å². The van der Waals surface area contributed by atoms with Gasteiger partial charge in [0, 0.05) is 18.2 Å². The normalized spacial score (nSPS) is 14.0. The number of methoxy groups -OCH3 is 1. The monoisotopic (exact) mass is 418 g/mol. The van der Waals surface area contributed by atoms with E-state index in [-0.39, 0.29) is 29.1 Å². The van der Waals surface area contributed by atoms with Gasteiger partial charge < -0.3 is 19.9 Å². The van der Waals surface area contributed by atoms with Gasteiger partial charge in [-0.2, -0.15) is 0 Å². The van der Waals surface area contributed by atoms with Crippen molar-refractivity contribution in [3.8, 4) is 11.5 Å². The summed E-state index contributed by atoms with van der Waals surface area (Å²) in [6.07, 6.45) is 0.805. The number of esters is 1. The molecule has 2 aromatic rings. The van der Waals surface area contributed by atoms with Crippen LogP contribution in [0.25, 0.3) is 0 Å². The molecule has 0 radical (unpaired) electrons. The van der Waals surface area contributed by atoms with Crippen molar-refractivity contribution in [3.05, 3.63) is 53.6 Å². The second kappa shape index (κ2) is 10.0. The van der Waals surface area contributed by atoms with Crippen LogP contribution in [0.3, 0.4) is 0 Å². The molecule has 1 aromatic carbocycles. The van der Waals surface area contributed by atoms with E-state index in [1.54, 1.807) is 19.1 Å². The lowest BCUT2D eigenvalue weighted by molar-refractivity contribution is -0.151. The van der Waals surface area contributed by atoms with Crippen LogP contribution < -0.4 is 10.1 Å². The lowest BCUT2D eigenvalue weighted by atomic mass is 9.84. The topological polar surface area (TPSA) is 97.8 Å². The summed E-state index contributed by atoms with van der Waals surface area (Å²) in [7, 11) is 1.35. The van der Waals surface area contributed by atoms with Crippen molar-refractivity contribution in [3.63, 3.8) is 0 Å². The lowest BCUT2D eigenvalue weighted by Gasteiger charge is -2.29. The second-order valence-electron chi connectivity index (χ2n) is 7.37. The van der Waals surface area contributed by atoms with Crippen LogP contribution in [0.1, 0.15) is 49.7 Å². The third kappa shape index (κ3) is 5.46. The standard InChI is InChI=1S/C22H27FN2O5/c1-12(2)18(15-6-8-16(23)9-7-15)14(4)30-22(28)13(3)25-21(27)19-20(26)17(29-5)10-11-24-19/h6-14,18,26H,1-5H3,(H,25,27)/t13-,14-,18+/m0/s1. The molecule has 0 saturated carbocycles. The molecule has 30 heavy (non-hydrogen) atoms. The number of nitrogens with zero attached hydrogens (tertiary/aromatic N) is 1. The van der Waals surface area contributed by atoms with E-state index in [0.717, 1.165) is 5.56 Å². The van der Waals surface area contributed by atoms with Gasteiger partial charge in [0.1, 0.15) is 18.0 Å². The Morgan fingerprint density at radius 3 is 2.30 bits per heavy atom. The van der Waals surface area contributed by atoms with E-state index in [9.17, 15) is 19.1 Å². The molecule has 0 unspecified atom stereocenters. The first-order valence-corrected chi connectivity index (χ1v) is 9.64. The number of hydrogen-bond acceptors (Lipinski definition) is 6. The van der Waals surface area contributed by atoms with Crippen molar-refractivity contribution in [2.24, 2.45) is 5.92 Å². The number of ether oxygens (including phenoxy) is 2. The highest BCUT2D eigenvalue weighted by atomic mass is 19.1. The summed E-state index contributed by atoms with van der Waals surface area (Å²) in [5, 5.41) is 12.5. The molecule has 162 valence electrons. The number of pyridine rings is 1. The predicted molar refractivity (Wildman–Crippen MR) is 109 cm³/mol. The van der Waals surface area contributed by atoms with Crippen LogP contribution in [0.5, 0.6) is 11.5 Å². The molecule has 0 bridgehead atoms. The summed E-state index contributed by atoms with van der Waals surface area (Å²) in [5.74, 6) is -2.05. The molecule has 7 nitrogen and oxygen atoms in total. The maximum Gasteiger partial charge on any atom is 0.328 e. The molecule has 2 rings (SSSR count). The van der Waals surface area contributed by atoms with Crippen LogP contribution in [0.15, 0.2) is 36.5 Å². The largest absolute Gasteiger partial charge is 0.503 e. The molecule has 1 heterocycles. The van der Waals surface area contributed by atoms with Crippen LogP contribution >= 0.6 is 0 Å². The number of aromatic hydroxyl groups is 1. The summed E-state index contributed by atoms with van der Waals surface area (Å²) >= 11 is 0. The Balaban J connectivity index is 2.06. The molecule has 0 aliphatic heterocycles. The Bertz CT molecular complexity index is 886. The van der Waals surface area contributed by atoms with Crippen molar-refractivity contribution in [2.45, 2.75) is 45.8 Å². The van der Waals surface area contributed by atoms with E-state index in [0.29, 0.717) is 0 Å². The molecule has 2 N–H and O–H groups in total. The number of halogens is 1. The summed E-state index contributed by atoms with van der Waals surface area (Å²) in [6, 6.07) is 6.52. The third-order valence-electron chi connectivity index (χ3n) is 4.80. The number of benzene rings is 1. The molecule has 1 aromatic heterocycles. The van der Waals surface area contributed by atoms with Crippen molar-refractivity contribution >= 4 is 11.9 Å².